The molecule has 0 unspecified atom stereocenters. The molecule has 0 aromatic carbocycles. The van der Waals surface area contributed by atoms with Crippen LogP contribution in [0, 0.1) is 0 Å². The molecule has 0 saturated heterocycles. The second kappa shape index (κ2) is 5.55. The first-order chi connectivity index (χ1) is 7.60. The van der Waals surface area contributed by atoms with Crippen molar-refractivity contribution < 1.29 is 14.0 Å². The molecule has 6 heteroatoms. The molecule has 0 atom stereocenters. The van der Waals surface area contributed by atoms with Gasteiger partial charge in [-0.15, -0.1) is 0 Å². The first-order valence-corrected chi connectivity index (χ1v) is 5.20. The quantitative estimate of drug-likeness (QED) is 0.864. The van der Waals surface area contributed by atoms with Crippen LogP contribution in [0.5, 0.6) is 0 Å². The Morgan fingerprint density at radius 1 is 1.56 bits per heavy atom. The molecule has 1 rings (SSSR count). The molecule has 1 N–H and O–H groups in total. The van der Waals surface area contributed by atoms with E-state index in [2.05, 4.69) is 5.32 Å². The molecule has 5 nitrogen and oxygen atoms in total. The molecule has 0 aliphatic heterocycles. The van der Waals surface area contributed by atoms with Gasteiger partial charge >= 0.3 is 0 Å². The lowest BCUT2D eigenvalue weighted by molar-refractivity contribution is -0.121. The predicted octanol–water partition coefficient (Wildman–Crippen LogP) is 1.14. The predicted molar refractivity (Wildman–Crippen MR) is 59.4 cm³/mol. The highest BCUT2D eigenvalue weighted by Gasteiger charge is 2.20. The van der Waals surface area contributed by atoms with Crippen molar-refractivity contribution in [3.05, 3.63) is 23.1 Å². The van der Waals surface area contributed by atoms with Gasteiger partial charge in [-0.2, -0.15) is 0 Å². The zero-order valence-electron chi connectivity index (χ0n) is 9.12. The Labute approximate surface area is 98.4 Å². The molecule has 0 aliphatic rings. The van der Waals surface area contributed by atoms with E-state index in [9.17, 15) is 9.59 Å². The molecule has 88 valence electrons. The monoisotopic (exact) mass is 244 g/mol. The van der Waals surface area contributed by atoms with E-state index in [0.717, 1.165) is 0 Å². The van der Waals surface area contributed by atoms with E-state index in [4.69, 9.17) is 16.0 Å². The molecule has 16 heavy (non-hydrogen) atoms. The van der Waals surface area contributed by atoms with Crippen LogP contribution < -0.4 is 5.32 Å². The van der Waals surface area contributed by atoms with Crippen molar-refractivity contribution in [1.29, 1.82) is 0 Å². The van der Waals surface area contributed by atoms with Crippen LogP contribution in [0.4, 0.5) is 0 Å². The molecule has 0 saturated carbocycles. The van der Waals surface area contributed by atoms with Crippen molar-refractivity contribution in [2.75, 3.05) is 20.1 Å². The summed E-state index contributed by atoms with van der Waals surface area (Å²) < 4.78 is 4.83. The van der Waals surface area contributed by atoms with Crippen molar-refractivity contribution >= 4 is 23.4 Å². The lowest BCUT2D eigenvalue weighted by Gasteiger charge is -2.19. The molecular formula is C10H13ClN2O3. The molecule has 1 heterocycles. The second-order valence-corrected chi connectivity index (χ2v) is 3.44. The summed E-state index contributed by atoms with van der Waals surface area (Å²) in [6.07, 6.45) is 1.34. The van der Waals surface area contributed by atoms with Gasteiger partial charge in [-0.1, -0.05) is 0 Å². The summed E-state index contributed by atoms with van der Waals surface area (Å²) in [5.74, 6) is -0.542. The van der Waals surface area contributed by atoms with Crippen LogP contribution in [0.25, 0.3) is 0 Å². The summed E-state index contributed by atoms with van der Waals surface area (Å²) in [6, 6.07) is 1.48. The van der Waals surface area contributed by atoms with E-state index in [0.29, 0.717) is 6.54 Å². The third kappa shape index (κ3) is 2.76. The Kier molecular flexibility index (Phi) is 4.37. The maximum atomic E-state index is 11.9. The van der Waals surface area contributed by atoms with Crippen molar-refractivity contribution in [2.24, 2.45) is 0 Å². The number of rotatable bonds is 4. The third-order valence-electron chi connectivity index (χ3n) is 2.13. The van der Waals surface area contributed by atoms with Gasteiger partial charge in [0.1, 0.15) is 0 Å². The number of halogens is 1. The number of hydrogen-bond acceptors (Lipinski definition) is 3. The van der Waals surface area contributed by atoms with E-state index in [1.165, 1.54) is 24.3 Å². The number of likely N-dealkylation sites (N-methyl/N-ethyl adjacent to an activating group) is 2. The molecule has 0 fully saturated rings. The van der Waals surface area contributed by atoms with E-state index < -0.39 is 0 Å². The molecule has 0 spiro atoms. The number of amides is 2. The highest BCUT2D eigenvalue weighted by Crippen LogP contribution is 2.18. The Balaban J connectivity index is 2.78. The van der Waals surface area contributed by atoms with Gasteiger partial charge in [-0.05, 0) is 24.6 Å². The van der Waals surface area contributed by atoms with Gasteiger partial charge in [0, 0.05) is 13.6 Å². The second-order valence-electron chi connectivity index (χ2n) is 3.10. The van der Waals surface area contributed by atoms with Crippen LogP contribution in [0.1, 0.15) is 17.3 Å². The maximum absolute atomic E-state index is 11.9. The highest BCUT2D eigenvalue weighted by atomic mass is 35.5. The van der Waals surface area contributed by atoms with Crippen LogP contribution in [0.15, 0.2) is 16.7 Å². The van der Waals surface area contributed by atoms with E-state index in [-0.39, 0.29) is 29.1 Å². The fraction of sp³-hybridized carbons (Fsp3) is 0.400. The third-order valence-corrected chi connectivity index (χ3v) is 2.42. The normalized spacial score (nSPS) is 9.94. The zero-order chi connectivity index (χ0) is 12.1. The average Bonchev–Trinajstić information content (AvgIpc) is 2.71. The highest BCUT2D eigenvalue weighted by molar-refractivity contribution is 6.32. The Hall–Kier alpha value is -1.49. The fourth-order valence-electron chi connectivity index (χ4n) is 1.20. The number of furan rings is 1. The summed E-state index contributed by atoms with van der Waals surface area (Å²) in [7, 11) is 1.52. The Bertz CT molecular complexity index is 389. The summed E-state index contributed by atoms with van der Waals surface area (Å²) in [6.45, 7) is 2.22. The molecule has 1 aromatic heterocycles. The average molecular weight is 245 g/mol. The van der Waals surface area contributed by atoms with Gasteiger partial charge in [0.05, 0.1) is 18.4 Å². The van der Waals surface area contributed by atoms with Crippen LogP contribution in [-0.2, 0) is 4.79 Å². The summed E-state index contributed by atoms with van der Waals surface area (Å²) >= 11 is 5.69. The molecule has 0 aliphatic carbocycles. The zero-order valence-corrected chi connectivity index (χ0v) is 9.87. The van der Waals surface area contributed by atoms with E-state index in [1.54, 1.807) is 6.92 Å². The summed E-state index contributed by atoms with van der Waals surface area (Å²) in [5, 5.41) is 2.50. The number of carbonyl (C=O) groups excluding carboxylic acids is 2. The minimum Gasteiger partial charge on any atom is -0.452 e. The van der Waals surface area contributed by atoms with Crippen LogP contribution in [0.2, 0.25) is 5.22 Å². The first kappa shape index (κ1) is 12.6. The van der Waals surface area contributed by atoms with Gasteiger partial charge in [0.25, 0.3) is 5.91 Å². The van der Waals surface area contributed by atoms with Gasteiger partial charge in [-0.3, -0.25) is 9.59 Å². The van der Waals surface area contributed by atoms with Gasteiger partial charge in [-0.25, -0.2) is 0 Å². The summed E-state index contributed by atoms with van der Waals surface area (Å²) in [4.78, 5) is 24.5. The molecule has 0 bridgehead atoms. The minimum absolute atomic E-state index is 0.00728. The van der Waals surface area contributed by atoms with Gasteiger partial charge in [0.15, 0.2) is 0 Å². The molecular weight excluding hydrogens is 232 g/mol. The SMILES string of the molecule is CCN(CC(=O)NC)C(=O)c1ccoc1Cl. The minimum atomic E-state index is -0.315. The van der Waals surface area contributed by atoms with Gasteiger partial charge < -0.3 is 14.6 Å². The molecule has 1 aromatic rings. The Morgan fingerprint density at radius 3 is 2.69 bits per heavy atom. The lowest BCUT2D eigenvalue weighted by atomic mass is 10.3. The van der Waals surface area contributed by atoms with Crippen molar-refractivity contribution in [3.63, 3.8) is 0 Å². The van der Waals surface area contributed by atoms with Crippen LogP contribution in [0.3, 0.4) is 0 Å². The molecule has 2 amide bonds. The van der Waals surface area contributed by atoms with Crippen molar-refractivity contribution in [3.8, 4) is 0 Å². The first-order valence-electron chi connectivity index (χ1n) is 4.83. The van der Waals surface area contributed by atoms with E-state index in [1.807, 2.05) is 0 Å². The summed E-state index contributed by atoms with van der Waals surface area (Å²) in [5.41, 5.74) is 0.271. The van der Waals surface area contributed by atoms with Crippen molar-refractivity contribution in [2.45, 2.75) is 6.92 Å². The Morgan fingerprint density at radius 2 is 2.25 bits per heavy atom. The topological polar surface area (TPSA) is 62.6 Å². The molecule has 0 radical (unpaired) electrons. The number of hydrogen-bond donors (Lipinski definition) is 1. The lowest BCUT2D eigenvalue weighted by Crippen LogP contribution is -2.39. The smallest absolute Gasteiger partial charge is 0.259 e. The van der Waals surface area contributed by atoms with Gasteiger partial charge in [0.2, 0.25) is 11.1 Å². The van der Waals surface area contributed by atoms with Crippen molar-refractivity contribution in [1.82, 2.24) is 10.2 Å². The number of nitrogens with one attached hydrogen (secondary N) is 1. The maximum Gasteiger partial charge on any atom is 0.259 e. The number of nitrogens with zero attached hydrogens (tertiary/aromatic N) is 1. The largest absolute Gasteiger partial charge is 0.452 e. The van der Waals surface area contributed by atoms with E-state index >= 15 is 0 Å². The van der Waals surface area contributed by atoms with Crippen LogP contribution >= 0.6 is 11.6 Å². The standard InChI is InChI=1S/C10H13ClN2O3/c1-3-13(6-8(14)12-2)10(15)7-4-5-16-9(7)11/h4-5H,3,6H2,1-2H3,(H,12,14). The van der Waals surface area contributed by atoms with Crippen LogP contribution in [-0.4, -0.2) is 36.9 Å². The fourth-order valence-corrected chi connectivity index (χ4v) is 1.39. The number of carbonyl (C=O) groups is 2.